The topological polar surface area (TPSA) is 121 Å². The molecule has 1 aromatic heterocycles. The second-order valence-electron chi connectivity index (χ2n) is 12.2. The van der Waals surface area contributed by atoms with Crippen LogP contribution in [0.25, 0.3) is 11.3 Å². The number of pyridine rings is 1. The number of aliphatic hydroxyl groups is 2. The van der Waals surface area contributed by atoms with Gasteiger partial charge in [0.2, 0.25) is 6.79 Å². The maximum absolute atomic E-state index is 13.7. The number of fused-ring (bicyclic) bond motifs is 2. The van der Waals surface area contributed by atoms with E-state index in [-0.39, 0.29) is 37.6 Å². The largest absolute Gasteiger partial charge is 0.454 e. The Morgan fingerprint density at radius 2 is 1.88 bits per heavy atom. The minimum absolute atomic E-state index is 0.101. The number of hydrogen-bond acceptors (Lipinski definition) is 7. The van der Waals surface area contributed by atoms with Crippen molar-refractivity contribution in [1.82, 2.24) is 14.6 Å². The van der Waals surface area contributed by atoms with Crippen LogP contribution in [0.2, 0.25) is 0 Å². The lowest BCUT2D eigenvalue weighted by Gasteiger charge is -2.30. The highest BCUT2D eigenvalue weighted by Gasteiger charge is 2.40. The van der Waals surface area contributed by atoms with E-state index in [0.717, 1.165) is 22.3 Å². The molecule has 10 heteroatoms. The highest BCUT2D eigenvalue weighted by atomic mass is 32.2. The third-order valence-electron chi connectivity index (χ3n) is 7.06. The van der Waals surface area contributed by atoms with E-state index in [9.17, 15) is 19.2 Å². The predicted molar refractivity (Wildman–Crippen MR) is 164 cm³/mol. The average molecular weight is 604 g/mol. The van der Waals surface area contributed by atoms with Crippen molar-refractivity contribution in [2.45, 2.75) is 70.5 Å². The van der Waals surface area contributed by atoms with Crippen molar-refractivity contribution < 1.29 is 28.7 Å². The average Bonchev–Trinajstić information content (AvgIpc) is 3.57. The maximum Gasteiger partial charge on any atom is 0.270 e. The van der Waals surface area contributed by atoms with Crippen LogP contribution in [0.5, 0.6) is 11.5 Å². The van der Waals surface area contributed by atoms with Crippen molar-refractivity contribution in [3.63, 3.8) is 0 Å². The number of nitrogens with one attached hydrogen (secondary N) is 1. The molecule has 0 bridgehead atoms. The predicted octanol–water partition coefficient (Wildman–Crippen LogP) is 4.23. The Morgan fingerprint density at radius 3 is 2.60 bits per heavy atom. The van der Waals surface area contributed by atoms with E-state index in [1.165, 1.54) is 0 Å². The Bertz CT molecular complexity index is 1630. The number of aromatic nitrogens is 1. The third-order valence-corrected chi connectivity index (χ3v) is 8.92. The molecule has 1 amide bonds. The summed E-state index contributed by atoms with van der Waals surface area (Å²) >= 11 is 0. The fourth-order valence-electron chi connectivity index (χ4n) is 5.10. The molecule has 0 saturated carbocycles. The van der Waals surface area contributed by atoms with Crippen LogP contribution in [-0.4, -0.2) is 53.4 Å². The molecule has 2 aliphatic rings. The number of rotatable bonds is 7. The van der Waals surface area contributed by atoms with Gasteiger partial charge in [-0.1, -0.05) is 30.0 Å². The summed E-state index contributed by atoms with van der Waals surface area (Å²) in [5, 5.41) is 23.1. The molecular weight excluding hydrogens is 566 g/mol. The lowest BCUT2D eigenvalue weighted by atomic mass is 9.95. The molecule has 5 rings (SSSR count). The van der Waals surface area contributed by atoms with E-state index in [4.69, 9.17) is 14.5 Å². The minimum atomic E-state index is -1.38. The first-order chi connectivity index (χ1) is 20.3. The van der Waals surface area contributed by atoms with Crippen molar-refractivity contribution in [2.75, 3.05) is 13.4 Å². The van der Waals surface area contributed by atoms with Crippen LogP contribution >= 0.6 is 0 Å². The molecule has 0 saturated heterocycles. The first-order valence-electron chi connectivity index (χ1n) is 14.2. The second-order valence-corrected chi connectivity index (χ2v) is 14.3. The monoisotopic (exact) mass is 603 g/mol. The molecule has 2 aromatic carbocycles. The summed E-state index contributed by atoms with van der Waals surface area (Å²) < 4.78 is 25.8. The van der Waals surface area contributed by atoms with E-state index in [2.05, 4.69) is 17.2 Å². The number of benzene rings is 2. The number of nitrogens with zero attached hydrogens (tertiary/aromatic N) is 2. The van der Waals surface area contributed by atoms with E-state index in [0.29, 0.717) is 35.7 Å². The molecule has 0 radical (unpaired) electrons. The molecule has 43 heavy (non-hydrogen) atoms. The maximum atomic E-state index is 13.7. The fraction of sp³-hybridized carbons (Fsp3) is 0.394. The molecule has 3 heterocycles. The Balaban J connectivity index is 1.55. The van der Waals surface area contributed by atoms with Gasteiger partial charge in [-0.05, 0) is 82.5 Å². The molecule has 9 nitrogen and oxygen atoms in total. The Hall–Kier alpha value is -3.75. The summed E-state index contributed by atoms with van der Waals surface area (Å²) in [7, 11) is -1.38. The van der Waals surface area contributed by atoms with Gasteiger partial charge in [-0.2, -0.15) is 0 Å². The van der Waals surface area contributed by atoms with E-state index < -0.39 is 21.3 Å². The number of aliphatic hydroxyl groups excluding tert-OH is 1. The van der Waals surface area contributed by atoms with Crippen LogP contribution in [0.3, 0.4) is 0 Å². The van der Waals surface area contributed by atoms with Gasteiger partial charge < -0.3 is 25.0 Å². The smallest absolute Gasteiger partial charge is 0.270 e. The molecule has 0 fully saturated rings. The van der Waals surface area contributed by atoms with Crippen LogP contribution in [0.1, 0.15) is 79.8 Å². The van der Waals surface area contributed by atoms with Gasteiger partial charge in [0, 0.05) is 36.4 Å². The highest BCUT2D eigenvalue weighted by molar-refractivity contribution is 7.84. The zero-order valence-electron chi connectivity index (χ0n) is 25.1. The zero-order valence-corrected chi connectivity index (χ0v) is 25.9. The summed E-state index contributed by atoms with van der Waals surface area (Å²) in [4.78, 5) is 18.4. The summed E-state index contributed by atoms with van der Waals surface area (Å²) in [6.07, 6.45) is 0.358. The number of carbonyl (C=O) groups is 1. The SMILES string of the molecule is CC(C)(O)C#Cc1cccc(-c2nc(C(=O)NCc3ccc4c(c3)OCO4)cc3c2[C@@H](CCO)N([S@](=O)C(C)(C)C)C3)c1. The van der Waals surface area contributed by atoms with Gasteiger partial charge in [-0.15, -0.1) is 0 Å². The van der Waals surface area contributed by atoms with E-state index >= 15 is 0 Å². The fourth-order valence-corrected chi connectivity index (χ4v) is 6.50. The first-order valence-corrected chi connectivity index (χ1v) is 15.3. The van der Waals surface area contributed by atoms with Crippen molar-refractivity contribution >= 4 is 16.9 Å². The highest BCUT2D eigenvalue weighted by Crippen LogP contribution is 2.44. The number of ether oxygens (including phenoxy) is 2. The van der Waals surface area contributed by atoms with Crippen molar-refractivity contribution in [3.8, 4) is 34.6 Å². The molecule has 3 aromatic rings. The van der Waals surface area contributed by atoms with Gasteiger partial charge in [0.05, 0.1) is 16.5 Å². The molecule has 226 valence electrons. The van der Waals surface area contributed by atoms with E-state index in [1.807, 2.05) is 67.5 Å². The van der Waals surface area contributed by atoms with Gasteiger partial charge in [0.1, 0.15) is 22.3 Å². The number of amides is 1. The summed E-state index contributed by atoms with van der Waals surface area (Å²) in [5.41, 5.74) is 3.59. The van der Waals surface area contributed by atoms with Crippen molar-refractivity contribution in [2.24, 2.45) is 0 Å². The molecule has 2 atom stereocenters. The van der Waals surface area contributed by atoms with Crippen molar-refractivity contribution in [3.05, 3.63) is 76.5 Å². The van der Waals surface area contributed by atoms with Gasteiger partial charge >= 0.3 is 0 Å². The van der Waals surface area contributed by atoms with Gasteiger partial charge in [0.25, 0.3) is 5.91 Å². The van der Waals surface area contributed by atoms with Gasteiger partial charge in [-0.25, -0.2) is 13.5 Å². The van der Waals surface area contributed by atoms with Gasteiger partial charge in [-0.3, -0.25) is 4.79 Å². The Morgan fingerprint density at radius 1 is 1.12 bits per heavy atom. The molecule has 2 aliphatic heterocycles. The lowest BCUT2D eigenvalue weighted by molar-refractivity contribution is 0.0945. The standard InChI is InChI=1S/C33H37N3O6S/c1-32(2,3)43(40)36-19-24-17-25(31(38)34-18-22-9-10-27-28(16-22)42-20-41-27)35-30(29(24)26(36)12-14-37)23-8-6-7-21(15-23)11-13-33(4,5)39/h6-10,15-17,26,37,39H,12,14,18-20H2,1-5H3,(H,34,38)/t26-,43-/m1/s1. The third kappa shape index (κ3) is 6.92. The van der Waals surface area contributed by atoms with Crippen LogP contribution in [-0.2, 0) is 24.1 Å². The molecule has 3 N–H and O–H groups in total. The number of hydrogen-bond donors (Lipinski definition) is 3. The molecule has 0 aliphatic carbocycles. The summed E-state index contributed by atoms with van der Waals surface area (Å²) in [6, 6.07) is 14.4. The Kier molecular flexibility index (Phi) is 8.63. The van der Waals surface area contributed by atoms with E-state index in [1.54, 1.807) is 19.9 Å². The minimum Gasteiger partial charge on any atom is -0.454 e. The normalized spacial score (nSPS) is 16.8. The van der Waals surface area contributed by atoms with Crippen LogP contribution in [0.15, 0.2) is 48.5 Å². The second kappa shape index (κ2) is 12.1. The van der Waals surface area contributed by atoms with Crippen molar-refractivity contribution in [1.29, 1.82) is 0 Å². The van der Waals surface area contributed by atoms with Crippen LogP contribution in [0, 0.1) is 11.8 Å². The van der Waals surface area contributed by atoms with Crippen LogP contribution < -0.4 is 14.8 Å². The summed E-state index contributed by atoms with van der Waals surface area (Å²) in [6.45, 7) is 9.67. The van der Waals surface area contributed by atoms with Crippen LogP contribution in [0.4, 0.5) is 0 Å². The summed E-state index contributed by atoms with van der Waals surface area (Å²) in [5.74, 6) is 6.81. The Labute approximate surface area is 254 Å². The molecule has 0 spiro atoms. The first kappa shape index (κ1) is 30.7. The zero-order chi connectivity index (χ0) is 30.9. The molecular formula is C33H37N3O6S. The lowest BCUT2D eigenvalue weighted by Crippen LogP contribution is -2.36. The quantitative estimate of drug-likeness (QED) is 0.346. The van der Waals surface area contributed by atoms with Gasteiger partial charge in [0.15, 0.2) is 11.5 Å². The molecule has 0 unspecified atom stereocenters. The number of carbonyl (C=O) groups excluding carboxylic acids is 1.